The van der Waals surface area contributed by atoms with E-state index in [2.05, 4.69) is 37.4 Å². The lowest BCUT2D eigenvalue weighted by molar-refractivity contribution is -0.0791. The quantitative estimate of drug-likeness (QED) is 0.819. The van der Waals surface area contributed by atoms with Gasteiger partial charge in [-0.05, 0) is 24.0 Å². The molecule has 3 rings (SSSR count). The van der Waals surface area contributed by atoms with Crippen LogP contribution >= 0.6 is 0 Å². The third-order valence-corrected chi connectivity index (χ3v) is 4.35. The van der Waals surface area contributed by atoms with E-state index in [1.165, 1.54) is 12.0 Å². The van der Waals surface area contributed by atoms with Crippen molar-refractivity contribution in [2.24, 2.45) is 0 Å². The number of nitrogens with one attached hydrogen (secondary N) is 1. The summed E-state index contributed by atoms with van der Waals surface area (Å²) in [5.74, 6) is 0.351. The first-order chi connectivity index (χ1) is 8.14. The van der Waals surface area contributed by atoms with Crippen molar-refractivity contribution in [2.45, 2.75) is 56.7 Å². The maximum Gasteiger partial charge on any atom is 0.112 e. The van der Waals surface area contributed by atoms with E-state index in [1.54, 1.807) is 0 Å². The largest absolute Gasteiger partial charge is 0.383 e. The summed E-state index contributed by atoms with van der Waals surface area (Å²) in [5.41, 5.74) is 1.91. The van der Waals surface area contributed by atoms with Crippen molar-refractivity contribution in [3.8, 4) is 0 Å². The minimum atomic E-state index is -0.612. The SMILES string of the molecule is CC(C)N[C@@H]1CCC[C@@H]2c3ccccc3[C@@]21O. The van der Waals surface area contributed by atoms with Crippen LogP contribution in [0.15, 0.2) is 24.3 Å². The van der Waals surface area contributed by atoms with Gasteiger partial charge in [0.2, 0.25) is 0 Å². The van der Waals surface area contributed by atoms with Crippen molar-refractivity contribution in [2.75, 3.05) is 0 Å². The maximum absolute atomic E-state index is 11.0. The third kappa shape index (κ3) is 1.47. The van der Waals surface area contributed by atoms with Crippen molar-refractivity contribution in [1.82, 2.24) is 5.32 Å². The molecular formula is C15H21NO. The van der Waals surface area contributed by atoms with Crippen molar-refractivity contribution in [3.05, 3.63) is 35.4 Å². The summed E-state index contributed by atoms with van der Waals surface area (Å²) in [6.45, 7) is 4.30. The molecule has 2 heteroatoms. The second-order valence-electron chi connectivity index (χ2n) is 5.77. The van der Waals surface area contributed by atoms with Gasteiger partial charge in [-0.3, -0.25) is 0 Å². The Balaban J connectivity index is 1.96. The summed E-state index contributed by atoms with van der Waals surface area (Å²) in [4.78, 5) is 0. The monoisotopic (exact) mass is 231 g/mol. The summed E-state index contributed by atoms with van der Waals surface area (Å²) < 4.78 is 0. The Bertz CT molecular complexity index is 429. The van der Waals surface area contributed by atoms with Crippen LogP contribution in [0, 0.1) is 0 Å². The Morgan fingerprint density at radius 1 is 1.29 bits per heavy atom. The van der Waals surface area contributed by atoms with E-state index in [9.17, 15) is 5.11 Å². The first-order valence-corrected chi connectivity index (χ1v) is 6.72. The van der Waals surface area contributed by atoms with Crippen LogP contribution < -0.4 is 5.32 Å². The van der Waals surface area contributed by atoms with Crippen LogP contribution in [0.1, 0.15) is 50.2 Å². The van der Waals surface area contributed by atoms with Gasteiger partial charge in [-0.25, -0.2) is 0 Å². The minimum absolute atomic E-state index is 0.219. The molecule has 2 nitrogen and oxygen atoms in total. The summed E-state index contributed by atoms with van der Waals surface area (Å²) in [6.07, 6.45) is 3.43. The molecule has 0 radical (unpaired) electrons. The molecule has 1 saturated carbocycles. The molecule has 0 spiro atoms. The Labute approximate surface area is 103 Å². The lowest BCUT2D eigenvalue weighted by Crippen LogP contribution is -2.60. The molecule has 0 aromatic heterocycles. The van der Waals surface area contributed by atoms with Crippen LogP contribution in [0.25, 0.3) is 0 Å². The zero-order valence-electron chi connectivity index (χ0n) is 10.6. The smallest absolute Gasteiger partial charge is 0.112 e. The third-order valence-electron chi connectivity index (χ3n) is 4.35. The van der Waals surface area contributed by atoms with E-state index in [1.807, 2.05) is 6.07 Å². The average molecular weight is 231 g/mol. The van der Waals surface area contributed by atoms with Crippen molar-refractivity contribution < 1.29 is 5.11 Å². The highest BCUT2D eigenvalue weighted by Gasteiger charge is 2.56. The Hall–Kier alpha value is -0.860. The molecule has 0 unspecified atom stereocenters. The highest BCUT2D eigenvalue weighted by Crippen LogP contribution is 2.57. The number of aliphatic hydroxyl groups is 1. The summed E-state index contributed by atoms with van der Waals surface area (Å²) in [7, 11) is 0. The van der Waals surface area contributed by atoms with E-state index in [4.69, 9.17) is 0 Å². The lowest BCUT2D eigenvalue weighted by Gasteiger charge is -2.55. The van der Waals surface area contributed by atoms with Crippen molar-refractivity contribution in [1.29, 1.82) is 0 Å². The second kappa shape index (κ2) is 3.82. The number of fused-ring (bicyclic) bond motifs is 4. The van der Waals surface area contributed by atoms with E-state index >= 15 is 0 Å². The summed E-state index contributed by atoms with van der Waals surface area (Å²) in [5, 5.41) is 14.6. The van der Waals surface area contributed by atoms with E-state index in [-0.39, 0.29) is 6.04 Å². The first kappa shape index (κ1) is 11.2. The summed E-state index contributed by atoms with van der Waals surface area (Å²) >= 11 is 0. The van der Waals surface area contributed by atoms with Gasteiger partial charge in [-0.2, -0.15) is 0 Å². The number of hydrogen-bond acceptors (Lipinski definition) is 2. The maximum atomic E-state index is 11.0. The van der Waals surface area contributed by atoms with Crippen LogP contribution in [0.4, 0.5) is 0 Å². The van der Waals surface area contributed by atoms with Gasteiger partial charge >= 0.3 is 0 Å². The molecule has 3 atom stereocenters. The Morgan fingerprint density at radius 2 is 2.06 bits per heavy atom. The van der Waals surface area contributed by atoms with Gasteiger partial charge < -0.3 is 10.4 Å². The Kier molecular flexibility index (Phi) is 2.53. The molecule has 0 aliphatic heterocycles. The highest BCUT2D eigenvalue weighted by atomic mass is 16.3. The van der Waals surface area contributed by atoms with Gasteiger partial charge in [-0.15, -0.1) is 0 Å². The number of hydrogen-bond donors (Lipinski definition) is 2. The lowest BCUT2D eigenvalue weighted by atomic mass is 9.56. The van der Waals surface area contributed by atoms with Crippen LogP contribution in [-0.4, -0.2) is 17.2 Å². The zero-order chi connectivity index (χ0) is 12.0. The fourth-order valence-electron chi connectivity index (χ4n) is 3.68. The predicted molar refractivity (Wildman–Crippen MR) is 69.0 cm³/mol. The summed E-state index contributed by atoms with van der Waals surface area (Å²) in [6, 6.07) is 9.02. The molecule has 1 fully saturated rings. The fraction of sp³-hybridized carbons (Fsp3) is 0.600. The minimum Gasteiger partial charge on any atom is -0.383 e. The molecule has 1 aromatic carbocycles. The fourth-order valence-corrected chi connectivity index (χ4v) is 3.68. The zero-order valence-corrected chi connectivity index (χ0v) is 10.6. The van der Waals surface area contributed by atoms with Gasteiger partial charge in [-0.1, -0.05) is 44.5 Å². The molecule has 0 bridgehead atoms. The van der Waals surface area contributed by atoms with Crippen LogP contribution in [-0.2, 0) is 5.60 Å². The first-order valence-electron chi connectivity index (χ1n) is 6.72. The van der Waals surface area contributed by atoms with Crippen LogP contribution in [0.2, 0.25) is 0 Å². The molecule has 17 heavy (non-hydrogen) atoms. The van der Waals surface area contributed by atoms with Crippen LogP contribution in [0.5, 0.6) is 0 Å². The van der Waals surface area contributed by atoms with E-state index < -0.39 is 5.60 Å². The molecule has 1 aromatic rings. The number of rotatable bonds is 2. The van der Waals surface area contributed by atoms with Gasteiger partial charge in [0.15, 0.2) is 0 Å². The van der Waals surface area contributed by atoms with E-state index in [0.717, 1.165) is 18.4 Å². The normalized spacial score (nSPS) is 35.1. The second-order valence-corrected chi connectivity index (χ2v) is 5.77. The molecule has 92 valence electrons. The van der Waals surface area contributed by atoms with Gasteiger partial charge in [0.1, 0.15) is 5.60 Å². The standard InChI is InChI=1S/C15H21NO/c1-10(2)16-14-9-5-8-13-11-6-3-4-7-12(11)15(13,14)17/h3-4,6-7,10,13-14,16-17H,5,8-9H2,1-2H3/t13-,14-,15-/m1/s1. The van der Waals surface area contributed by atoms with Gasteiger partial charge in [0, 0.05) is 18.0 Å². The predicted octanol–water partition coefficient (Wildman–Crippen LogP) is 2.52. The number of benzene rings is 1. The topological polar surface area (TPSA) is 32.3 Å². The van der Waals surface area contributed by atoms with E-state index in [0.29, 0.717) is 12.0 Å². The molecule has 0 amide bonds. The van der Waals surface area contributed by atoms with Gasteiger partial charge in [0.25, 0.3) is 0 Å². The Morgan fingerprint density at radius 3 is 2.82 bits per heavy atom. The highest BCUT2D eigenvalue weighted by molar-refractivity contribution is 5.49. The molecule has 2 N–H and O–H groups in total. The molecule has 2 aliphatic rings. The molecule has 0 heterocycles. The van der Waals surface area contributed by atoms with Crippen molar-refractivity contribution in [3.63, 3.8) is 0 Å². The average Bonchev–Trinajstić information content (AvgIpc) is 2.30. The van der Waals surface area contributed by atoms with Gasteiger partial charge in [0.05, 0.1) is 0 Å². The molecule has 0 saturated heterocycles. The van der Waals surface area contributed by atoms with Crippen molar-refractivity contribution >= 4 is 0 Å². The molecule has 2 aliphatic carbocycles. The van der Waals surface area contributed by atoms with Crippen LogP contribution in [0.3, 0.4) is 0 Å². The molecular weight excluding hydrogens is 210 g/mol.